The molecule has 0 bridgehead atoms. The molecule has 1 aromatic heterocycles. The van der Waals surface area contributed by atoms with E-state index in [2.05, 4.69) is 5.32 Å². The molecule has 0 radical (unpaired) electrons. The maximum atomic E-state index is 12.5. The quantitative estimate of drug-likeness (QED) is 0.878. The van der Waals surface area contributed by atoms with Crippen LogP contribution in [0.4, 0.5) is 0 Å². The van der Waals surface area contributed by atoms with Gasteiger partial charge in [0.15, 0.2) is 11.5 Å². The van der Waals surface area contributed by atoms with Crippen LogP contribution in [0, 0.1) is 0 Å². The normalized spacial score (nSPS) is 11.0. The lowest BCUT2D eigenvalue weighted by Crippen LogP contribution is -2.40. The van der Waals surface area contributed by atoms with Gasteiger partial charge in [-0.05, 0) is 43.0 Å². The summed E-state index contributed by atoms with van der Waals surface area (Å²) in [5, 5.41) is 4.86. The van der Waals surface area contributed by atoms with Crippen LogP contribution in [0.3, 0.4) is 0 Å². The van der Waals surface area contributed by atoms with E-state index in [4.69, 9.17) is 14.2 Å². The van der Waals surface area contributed by atoms with E-state index in [1.807, 2.05) is 37.4 Å². The fourth-order valence-corrected chi connectivity index (χ4v) is 3.01. The van der Waals surface area contributed by atoms with Crippen LogP contribution in [0.2, 0.25) is 0 Å². The Balaban J connectivity index is 2.26. The Labute approximate surface area is 140 Å². The minimum atomic E-state index is -0.578. The first kappa shape index (κ1) is 17.1. The molecule has 0 spiro atoms. The molecular formula is C17H21NO4S. The van der Waals surface area contributed by atoms with Gasteiger partial charge in [0.2, 0.25) is 0 Å². The zero-order valence-electron chi connectivity index (χ0n) is 13.9. The highest BCUT2D eigenvalue weighted by Gasteiger charge is 2.26. The Hall–Kier alpha value is -2.21. The largest absolute Gasteiger partial charge is 0.495 e. The number of methoxy groups -OCH3 is 3. The van der Waals surface area contributed by atoms with Gasteiger partial charge in [-0.15, -0.1) is 11.3 Å². The van der Waals surface area contributed by atoms with Gasteiger partial charge in [0, 0.05) is 0 Å². The number of hydrogen-bond donors (Lipinski definition) is 1. The van der Waals surface area contributed by atoms with Gasteiger partial charge >= 0.3 is 0 Å². The lowest BCUT2D eigenvalue weighted by molar-refractivity contribution is 0.0913. The molecule has 0 fully saturated rings. The van der Waals surface area contributed by atoms with Crippen molar-refractivity contribution in [2.24, 2.45) is 0 Å². The number of thiophene rings is 1. The van der Waals surface area contributed by atoms with Crippen molar-refractivity contribution in [3.8, 4) is 17.2 Å². The third-order valence-corrected chi connectivity index (χ3v) is 4.48. The summed E-state index contributed by atoms with van der Waals surface area (Å²) in [4.78, 5) is 13.1. The second kappa shape index (κ2) is 6.91. The van der Waals surface area contributed by atoms with Crippen LogP contribution in [0.5, 0.6) is 17.2 Å². The Bertz CT molecular complexity index is 694. The molecule has 2 aromatic rings. The second-order valence-electron chi connectivity index (χ2n) is 5.47. The summed E-state index contributed by atoms with van der Waals surface area (Å²) in [7, 11) is 4.73. The van der Waals surface area contributed by atoms with Crippen molar-refractivity contribution in [3.05, 3.63) is 40.1 Å². The third kappa shape index (κ3) is 3.59. The molecule has 1 amide bonds. The zero-order chi connectivity index (χ0) is 17.0. The summed E-state index contributed by atoms with van der Waals surface area (Å²) >= 11 is 1.35. The molecule has 1 aromatic carbocycles. The Morgan fingerprint density at radius 1 is 1.00 bits per heavy atom. The highest BCUT2D eigenvalue weighted by molar-refractivity contribution is 7.12. The number of amides is 1. The number of rotatable bonds is 6. The fourth-order valence-electron chi connectivity index (χ4n) is 2.26. The van der Waals surface area contributed by atoms with Crippen molar-refractivity contribution in [2.45, 2.75) is 19.4 Å². The molecule has 23 heavy (non-hydrogen) atoms. The standard InChI is InChI=1S/C17H21NO4S/c1-17(2,11-6-7-12(20-3)14(10-11)22-5)18-16(19)15-13(21-4)8-9-23-15/h6-10H,1-5H3,(H,18,19). The average Bonchev–Trinajstić information content (AvgIpc) is 3.02. The lowest BCUT2D eigenvalue weighted by atomic mass is 9.93. The van der Waals surface area contributed by atoms with Crippen molar-refractivity contribution in [2.75, 3.05) is 21.3 Å². The maximum Gasteiger partial charge on any atom is 0.265 e. The summed E-state index contributed by atoms with van der Waals surface area (Å²) in [6, 6.07) is 7.38. The third-order valence-electron chi connectivity index (χ3n) is 3.59. The summed E-state index contributed by atoms with van der Waals surface area (Å²) in [5.74, 6) is 1.69. The van der Waals surface area contributed by atoms with Crippen LogP contribution >= 0.6 is 11.3 Å². The molecule has 0 aliphatic heterocycles. The van der Waals surface area contributed by atoms with E-state index < -0.39 is 5.54 Å². The predicted molar refractivity (Wildman–Crippen MR) is 90.9 cm³/mol. The SMILES string of the molecule is COc1ccc(C(C)(C)NC(=O)c2sccc2OC)cc1OC. The van der Waals surface area contributed by atoms with Gasteiger partial charge in [-0.3, -0.25) is 4.79 Å². The number of carbonyl (C=O) groups excluding carboxylic acids is 1. The molecule has 0 unspecified atom stereocenters. The minimum Gasteiger partial charge on any atom is -0.495 e. The van der Waals surface area contributed by atoms with Crippen molar-refractivity contribution in [1.29, 1.82) is 0 Å². The summed E-state index contributed by atoms with van der Waals surface area (Å²) in [5.41, 5.74) is 0.338. The fraction of sp³-hybridized carbons (Fsp3) is 0.353. The van der Waals surface area contributed by atoms with E-state index >= 15 is 0 Å². The van der Waals surface area contributed by atoms with Crippen LogP contribution in [0.1, 0.15) is 29.1 Å². The topological polar surface area (TPSA) is 56.8 Å². The molecule has 0 saturated heterocycles. The number of benzene rings is 1. The van der Waals surface area contributed by atoms with E-state index in [0.717, 1.165) is 5.56 Å². The monoisotopic (exact) mass is 335 g/mol. The van der Waals surface area contributed by atoms with Gasteiger partial charge < -0.3 is 19.5 Å². The molecule has 6 heteroatoms. The molecule has 0 aliphatic carbocycles. The number of nitrogens with one attached hydrogen (secondary N) is 1. The van der Waals surface area contributed by atoms with E-state index in [1.165, 1.54) is 11.3 Å². The summed E-state index contributed by atoms with van der Waals surface area (Å²) in [6.07, 6.45) is 0. The number of hydrogen-bond acceptors (Lipinski definition) is 5. The van der Waals surface area contributed by atoms with E-state index in [-0.39, 0.29) is 5.91 Å². The van der Waals surface area contributed by atoms with Crippen LogP contribution in [0.25, 0.3) is 0 Å². The number of ether oxygens (including phenoxy) is 3. The zero-order valence-corrected chi connectivity index (χ0v) is 14.7. The highest BCUT2D eigenvalue weighted by atomic mass is 32.1. The second-order valence-corrected chi connectivity index (χ2v) is 6.38. The average molecular weight is 335 g/mol. The first-order chi connectivity index (χ1) is 10.9. The molecule has 5 nitrogen and oxygen atoms in total. The molecule has 1 heterocycles. The van der Waals surface area contributed by atoms with E-state index in [9.17, 15) is 4.79 Å². The van der Waals surface area contributed by atoms with Gasteiger partial charge in [-0.1, -0.05) is 6.07 Å². The van der Waals surface area contributed by atoms with Gasteiger partial charge in [-0.2, -0.15) is 0 Å². The number of carbonyl (C=O) groups is 1. The summed E-state index contributed by atoms with van der Waals surface area (Å²) in [6.45, 7) is 3.87. The molecule has 2 rings (SSSR count). The van der Waals surface area contributed by atoms with E-state index in [0.29, 0.717) is 22.1 Å². The first-order valence-corrected chi connectivity index (χ1v) is 7.97. The first-order valence-electron chi connectivity index (χ1n) is 7.09. The Morgan fingerprint density at radius 2 is 1.65 bits per heavy atom. The van der Waals surface area contributed by atoms with Crippen LogP contribution in [0.15, 0.2) is 29.6 Å². The van der Waals surface area contributed by atoms with Crippen LogP contribution < -0.4 is 19.5 Å². The molecule has 124 valence electrons. The van der Waals surface area contributed by atoms with Crippen LogP contribution in [-0.2, 0) is 5.54 Å². The van der Waals surface area contributed by atoms with E-state index in [1.54, 1.807) is 27.4 Å². The molecular weight excluding hydrogens is 314 g/mol. The van der Waals surface area contributed by atoms with Gasteiger partial charge in [0.1, 0.15) is 10.6 Å². The van der Waals surface area contributed by atoms with Gasteiger partial charge in [0.25, 0.3) is 5.91 Å². The smallest absolute Gasteiger partial charge is 0.265 e. The Kier molecular flexibility index (Phi) is 5.15. The van der Waals surface area contributed by atoms with Crippen LogP contribution in [-0.4, -0.2) is 27.2 Å². The molecule has 1 N–H and O–H groups in total. The van der Waals surface area contributed by atoms with Crippen molar-refractivity contribution < 1.29 is 19.0 Å². The van der Waals surface area contributed by atoms with Gasteiger partial charge in [0.05, 0.1) is 26.9 Å². The molecule has 0 aliphatic rings. The summed E-state index contributed by atoms with van der Waals surface area (Å²) < 4.78 is 15.8. The van der Waals surface area contributed by atoms with Gasteiger partial charge in [-0.25, -0.2) is 0 Å². The Morgan fingerprint density at radius 3 is 2.26 bits per heavy atom. The molecule has 0 atom stereocenters. The van der Waals surface area contributed by atoms with Crippen molar-refractivity contribution in [1.82, 2.24) is 5.32 Å². The maximum absolute atomic E-state index is 12.5. The lowest BCUT2D eigenvalue weighted by Gasteiger charge is -2.27. The van der Waals surface area contributed by atoms with Crippen molar-refractivity contribution >= 4 is 17.2 Å². The highest BCUT2D eigenvalue weighted by Crippen LogP contribution is 2.33. The van der Waals surface area contributed by atoms with Crippen molar-refractivity contribution in [3.63, 3.8) is 0 Å². The molecule has 0 saturated carbocycles. The minimum absolute atomic E-state index is 0.170. The predicted octanol–water partition coefficient (Wildman–Crippen LogP) is 3.44.